The Morgan fingerprint density at radius 1 is 1.00 bits per heavy atom. The molecule has 0 nitrogen and oxygen atoms in total. The van der Waals surface area contributed by atoms with Crippen molar-refractivity contribution in [1.29, 1.82) is 0 Å². The van der Waals surface area contributed by atoms with E-state index in [1.165, 1.54) is 18.2 Å². The minimum Gasteiger partial charge on any atom is -0.207 e. The Bertz CT molecular complexity index is 628. The highest BCUT2D eigenvalue weighted by atomic mass is 127. The predicted octanol–water partition coefficient (Wildman–Crippen LogP) is 5.50. The van der Waals surface area contributed by atoms with Crippen LogP contribution in [0.1, 0.15) is 21.5 Å². The first-order valence-electron chi connectivity index (χ1n) is 5.44. The topological polar surface area (TPSA) is 0 Å². The summed E-state index contributed by atoms with van der Waals surface area (Å²) < 4.78 is 40.8. The van der Waals surface area contributed by atoms with Gasteiger partial charge in [-0.2, -0.15) is 0 Å². The van der Waals surface area contributed by atoms with E-state index >= 15 is 0 Å². The molecule has 0 aliphatic rings. The van der Waals surface area contributed by atoms with Gasteiger partial charge in [-0.1, -0.05) is 22.0 Å². The number of hydrogen-bond donors (Lipinski definition) is 0. The number of rotatable bonds is 2. The second kappa shape index (κ2) is 5.83. The van der Waals surface area contributed by atoms with Crippen LogP contribution in [0.25, 0.3) is 0 Å². The van der Waals surface area contributed by atoms with E-state index in [-0.39, 0.29) is 5.82 Å². The molecule has 0 spiro atoms. The fourth-order valence-corrected chi connectivity index (χ4v) is 3.72. The lowest BCUT2D eigenvalue weighted by Gasteiger charge is -2.14. The summed E-state index contributed by atoms with van der Waals surface area (Å²) in [7, 11) is 0. The van der Waals surface area contributed by atoms with Crippen molar-refractivity contribution in [2.24, 2.45) is 0 Å². The SMILES string of the molecule is Cc1cc(C(Br)c2ccc(F)cc2I)c(F)cc1F. The molecule has 2 aromatic carbocycles. The van der Waals surface area contributed by atoms with Crippen LogP contribution in [0.2, 0.25) is 0 Å². The third-order valence-corrected chi connectivity index (χ3v) is 4.71. The molecule has 1 atom stereocenters. The molecule has 1 unspecified atom stereocenters. The molecule has 0 aromatic heterocycles. The van der Waals surface area contributed by atoms with Crippen molar-refractivity contribution in [3.05, 3.63) is 68.0 Å². The third kappa shape index (κ3) is 3.13. The summed E-state index contributed by atoms with van der Waals surface area (Å²) in [5.41, 5.74) is 1.45. The van der Waals surface area contributed by atoms with Crippen LogP contribution >= 0.6 is 38.5 Å². The third-order valence-electron chi connectivity index (χ3n) is 2.79. The molecule has 0 bridgehead atoms. The Kier molecular flexibility index (Phi) is 4.55. The van der Waals surface area contributed by atoms with Crippen LogP contribution < -0.4 is 0 Å². The fraction of sp³-hybridized carbons (Fsp3) is 0.143. The molecule has 0 amide bonds. The van der Waals surface area contributed by atoms with E-state index in [4.69, 9.17) is 0 Å². The lowest BCUT2D eigenvalue weighted by Crippen LogP contribution is -2.01. The maximum atomic E-state index is 13.8. The molecule has 0 N–H and O–H groups in total. The lowest BCUT2D eigenvalue weighted by molar-refractivity contribution is 0.568. The maximum Gasteiger partial charge on any atom is 0.130 e. The first-order valence-corrected chi connectivity index (χ1v) is 7.44. The number of aryl methyl sites for hydroxylation is 1. The number of alkyl halides is 1. The molecule has 100 valence electrons. The molecule has 2 rings (SSSR count). The van der Waals surface area contributed by atoms with Gasteiger partial charge in [0.25, 0.3) is 0 Å². The van der Waals surface area contributed by atoms with Crippen LogP contribution in [0.15, 0.2) is 30.3 Å². The molecule has 0 saturated heterocycles. The Morgan fingerprint density at radius 2 is 1.68 bits per heavy atom. The Hall–Kier alpha value is -0.560. The van der Waals surface area contributed by atoms with Gasteiger partial charge >= 0.3 is 0 Å². The number of halogens is 5. The molecule has 5 heteroatoms. The zero-order chi connectivity index (χ0) is 14.2. The minimum atomic E-state index is -0.620. The first kappa shape index (κ1) is 14.8. The molecule has 0 aliphatic heterocycles. The average molecular weight is 441 g/mol. The quantitative estimate of drug-likeness (QED) is 0.427. The highest BCUT2D eigenvalue weighted by molar-refractivity contribution is 14.1. The zero-order valence-corrected chi connectivity index (χ0v) is 13.6. The van der Waals surface area contributed by atoms with Gasteiger partial charge in [-0.15, -0.1) is 0 Å². The Morgan fingerprint density at radius 3 is 2.32 bits per heavy atom. The van der Waals surface area contributed by atoms with Gasteiger partial charge in [-0.05, 0) is 58.8 Å². The van der Waals surface area contributed by atoms with Crippen LogP contribution in [0.5, 0.6) is 0 Å². The van der Waals surface area contributed by atoms with Gasteiger partial charge in [0, 0.05) is 15.2 Å². The van der Waals surface area contributed by atoms with Gasteiger partial charge in [0.2, 0.25) is 0 Å². The molecule has 0 fully saturated rings. The van der Waals surface area contributed by atoms with Crippen LogP contribution in [0, 0.1) is 27.9 Å². The summed E-state index contributed by atoms with van der Waals surface area (Å²) >= 11 is 5.38. The van der Waals surface area contributed by atoms with Crippen molar-refractivity contribution in [2.45, 2.75) is 11.8 Å². The molecular weight excluding hydrogens is 432 g/mol. The molecule has 0 heterocycles. The van der Waals surface area contributed by atoms with Crippen molar-refractivity contribution in [2.75, 3.05) is 0 Å². The van der Waals surface area contributed by atoms with Gasteiger partial charge in [0.15, 0.2) is 0 Å². The summed E-state index contributed by atoms with van der Waals surface area (Å²) in [5.74, 6) is -1.54. The van der Waals surface area contributed by atoms with E-state index in [9.17, 15) is 13.2 Å². The largest absolute Gasteiger partial charge is 0.207 e. The average Bonchev–Trinajstić information content (AvgIpc) is 2.33. The molecule has 19 heavy (non-hydrogen) atoms. The molecular formula is C14H9BrF3I. The first-order chi connectivity index (χ1) is 8.90. The number of benzene rings is 2. The van der Waals surface area contributed by atoms with Gasteiger partial charge in [-0.25, -0.2) is 13.2 Å². The summed E-state index contributed by atoms with van der Waals surface area (Å²) in [6.07, 6.45) is 0. The highest BCUT2D eigenvalue weighted by Crippen LogP contribution is 2.36. The normalized spacial score (nSPS) is 12.5. The second-order valence-electron chi connectivity index (χ2n) is 4.15. The molecule has 2 aromatic rings. The monoisotopic (exact) mass is 440 g/mol. The van der Waals surface area contributed by atoms with Crippen LogP contribution in [-0.2, 0) is 0 Å². The Balaban J connectivity index is 2.49. The van der Waals surface area contributed by atoms with Crippen molar-refractivity contribution >= 4 is 38.5 Å². The zero-order valence-electron chi connectivity index (χ0n) is 9.85. The second-order valence-corrected chi connectivity index (χ2v) is 6.23. The lowest BCUT2D eigenvalue weighted by atomic mass is 10.0. The van der Waals surface area contributed by atoms with Crippen molar-refractivity contribution in [1.82, 2.24) is 0 Å². The summed E-state index contributed by atoms with van der Waals surface area (Å²) in [4.78, 5) is -0.445. The summed E-state index contributed by atoms with van der Waals surface area (Å²) in [6, 6.07) is 6.62. The number of hydrogen-bond acceptors (Lipinski definition) is 0. The van der Waals surface area contributed by atoms with Crippen molar-refractivity contribution in [3.8, 4) is 0 Å². The van der Waals surface area contributed by atoms with E-state index in [2.05, 4.69) is 15.9 Å². The smallest absolute Gasteiger partial charge is 0.130 e. The van der Waals surface area contributed by atoms with E-state index < -0.39 is 16.5 Å². The molecule has 0 aliphatic carbocycles. The fourth-order valence-electron chi connectivity index (χ4n) is 1.75. The predicted molar refractivity (Wildman–Crippen MR) is 81.0 cm³/mol. The molecule has 0 radical (unpaired) electrons. The van der Waals surface area contributed by atoms with Crippen LogP contribution in [0.3, 0.4) is 0 Å². The van der Waals surface area contributed by atoms with E-state index in [0.717, 1.165) is 11.6 Å². The maximum absolute atomic E-state index is 13.8. The van der Waals surface area contributed by atoms with Crippen LogP contribution in [-0.4, -0.2) is 0 Å². The van der Waals surface area contributed by atoms with Crippen molar-refractivity contribution in [3.63, 3.8) is 0 Å². The van der Waals surface area contributed by atoms with E-state index in [0.29, 0.717) is 14.7 Å². The van der Waals surface area contributed by atoms with Crippen molar-refractivity contribution < 1.29 is 13.2 Å². The standard InChI is InChI=1S/C14H9BrF3I/c1-7-4-10(12(18)6-11(7)17)14(15)9-3-2-8(16)5-13(9)19/h2-6,14H,1H3. The van der Waals surface area contributed by atoms with Gasteiger partial charge < -0.3 is 0 Å². The Labute approximate surface area is 131 Å². The van der Waals surface area contributed by atoms with E-state index in [1.54, 1.807) is 13.0 Å². The highest BCUT2D eigenvalue weighted by Gasteiger charge is 2.19. The summed E-state index contributed by atoms with van der Waals surface area (Å²) in [5, 5.41) is 0. The summed E-state index contributed by atoms with van der Waals surface area (Å²) in [6.45, 7) is 1.58. The van der Waals surface area contributed by atoms with Crippen LogP contribution in [0.4, 0.5) is 13.2 Å². The van der Waals surface area contributed by atoms with Gasteiger partial charge in [0.1, 0.15) is 17.5 Å². The van der Waals surface area contributed by atoms with Gasteiger partial charge in [0.05, 0.1) is 4.83 Å². The van der Waals surface area contributed by atoms with E-state index in [1.807, 2.05) is 22.6 Å². The van der Waals surface area contributed by atoms with Gasteiger partial charge in [-0.3, -0.25) is 0 Å². The molecule has 0 saturated carbocycles. The minimum absolute atomic E-state index is 0.337.